The van der Waals surface area contributed by atoms with Gasteiger partial charge in [0, 0.05) is 0 Å². The molecule has 3 unspecified atom stereocenters. The summed E-state index contributed by atoms with van der Waals surface area (Å²) < 4.78 is 0. The zero-order valence-corrected chi connectivity index (χ0v) is 15.4. The molecular formula is C18H42. The maximum atomic E-state index is 2.47. The molecule has 1 saturated carbocycles. The van der Waals surface area contributed by atoms with Gasteiger partial charge in [-0.1, -0.05) is 76.2 Å². The molecule has 0 bridgehead atoms. The highest BCUT2D eigenvalue weighted by Crippen LogP contribution is 2.46. The van der Waals surface area contributed by atoms with Crippen LogP contribution in [0, 0.1) is 23.2 Å². The smallest absolute Gasteiger partial charge is 0.0300 e. The van der Waals surface area contributed by atoms with Crippen LogP contribution in [0.1, 0.15) is 95.4 Å². The molecule has 0 heterocycles. The molecule has 0 saturated heterocycles. The second kappa shape index (κ2) is 13.4. The molecular weight excluding hydrogens is 216 g/mol. The minimum Gasteiger partial charge on any atom is -0.0683 e. The van der Waals surface area contributed by atoms with Gasteiger partial charge >= 0.3 is 0 Å². The highest BCUT2D eigenvalue weighted by molar-refractivity contribution is 4.86. The summed E-state index contributed by atoms with van der Waals surface area (Å²) in [5.74, 6) is 2.75. The van der Waals surface area contributed by atoms with Gasteiger partial charge in [-0.3, -0.25) is 0 Å². The molecule has 0 radical (unpaired) electrons. The second-order valence-electron chi connectivity index (χ2n) is 5.51. The summed E-state index contributed by atoms with van der Waals surface area (Å²) >= 11 is 0. The molecule has 3 atom stereocenters. The van der Waals surface area contributed by atoms with Crippen LogP contribution in [0.2, 0.25) is 0 Å². The summed E-state index contributed by atoms with van der Waals surface area (Å²) in [6, 6.07) is 0. The van der Waals surface area contributed by atoms with Crippen molar-refractivity contribution in [3.63, 3.8) is 0 Å². The minimum atomic E-state index is 0.631. The van der Waals surface area contributed by atoms with Crippen LogP contribution in [0.4, 0.5) is 0 Å². The third-order valence-corrected chi connectivity index (χ3v) is 4.32. The highest BCUT2D eigenvalue weighted by Gasteiger charge is 2.35. The van der Waals surface area contributed by atoms with Gasteiger partial charge in [0.2, 0.25) is 0 Å². The van der Waals surface area contributed by atoms with Gasteiger partial charge in [-0.2, -0.15) is 0 Å². The molecule has 0 spiro atoms. The van der Waals surface area contributed by atoms with E-state index >= 15 is 0 Å². The van der Waals surface area contributed by atoms with E-state index in [9.17, 15) is 0 Å². The molecule has 1 aliphatic carbocycles. The molecule has 0 aromatic rings. The largest absolute Gasteiger partial charge is 0.0683 e. The zero-order valence-electron chi connectivity index (χ0n) is 15.4. The Morgan fingerprint density at radius 1 is 0.833 bits per heavy atom. The van der Waals surface area contributed by atoms with Gasteiger partial charge in [0.05, 0.1) is 0 Å². The lowest BCUT2D eigenvalue weighted by Crippen LogP contribution is -2.33. The molecule has 1 fully saturated rings. The van der Waals surface area contributed by atoms with Crippen LogP contribution in [0.15, 0.2) is 0 Å². The Kier molecular flexibility index (Phi) is 17.3. The van der Waals surface area contributed by atoms with Crippen LogP contribution in [0.5, 0.6) is 0 Å². The van der Waals surface area contributed by atoms with Gasteiger partial charge < -0.3 is 0 Å². The summed E-state index contributed by atoms with van der Waals surface area (Å²) in [6.07, 6.45) is 4.32. The Hall–Kier alpha value is 0. The van der Waals surface area contributed by atoms with Gasteiger partial charge in [-0.15, -0.1) is 0 Å². The van der Waals surface area contributed by atoms with E-state index in [1.165, 1.54) is 19.3 Å². The molecule has 0 amide bonds. The van der Waals surface area contributed by atoms with Crippen LogP contribution in [0.25, 0.3) is 0 Å². The van der Waals surface area contributed by atoms with E-state index in [-0.39, 0.29) is 0 Å². The predicted molar refractivity (Wildman–Crippen MR) is 89.2 cm³/mol. The van der Waals surface area contributed by atoms with Gasteiger partial charge in [-0.25, -0.2) is 0 Å². The normalized spacial score (nSPS) is 30.0. The molecule has 0 aromatic heterocycles. The lowest BCUT2D eigenvalue weighted by Gasteiger charge is -2.43. The van der Waals surface area contributed by atoms with E-state index in [1.807, 2.05) is 41.5 Å². The first-order valence-electron chi connectivity index (χ1n) is 8.46. The molecule has 1 aliphatic rings. The molecule has 0 heteroatoms. The van der Waals surface area contributed by atoms with Crippen molar-refractivity contribution >= 4 is 0 Å². The molecule has 0 aromatic carbocycles. The predicted octanol–water partition coefficient (Wildman–Crippen LogP) is 7.18. The number of rotatable bonds is 1. The summed E-state index contributed by atoms with van der Waals surface area (Å²) in [5.41, 5.74) is 0.631. The first-order valence-corrected chi connectivity index (χ1v) is 8.46. The fraction of sp³-hybridized carbons (Fsp3) is 1.00. The first-order chi connectivity index (χ1) is 8.46. The highest BCUT2D eigenvalue weighted by atomic mass is 14.4. The lowest BCUT2D eigenvalue weighted by atomic mass is 9.62. The van der Waals surface area contributed by atoms with E-state index in [2.05, 4.69) is 34.6 Å². The third-order valence-electron chi connectivity index (χ3n) is 4.32. The SMILES string of the molecule is CC.CC.CC.CC1CCC(C)(C(C)C)CC1C. The van der Waals surface area contributed by atoms with Crippen LogP contribution in [0.3, 0.4) is 0 Å². The van der Waals surface area contributed by atoms with E-state index < -0.39 is 0 Å². The Morgan fingerprint density at radius 3 is 1.50 bits per heavy atom. The molecule has 0 N–H and O–H groups in total. The molecule has 0 nitrogen and oxygen atoms in total. The number of hydrogen-bond donors (Lipinski definition) is 0. The summed E-state index contributed by atoms with van der Waals surface area (Å²) in [4.78, 5) is 0. The fourth-order valence-corrected chi connectivity index (χ4v) is 2.41. The zero-order chi connectivity index (χ0) is 15.4. The average Bonchev–Trinajstić information content (AvgIpc) is 2.41. The quantitative estimate of drug-likeness (QED) is 0.467. The lowest BCUT2D eigenvalue weighted by molar-refractivity contribution is 0.0754. The van der Waals surface area contributed by atoms with E-state index in [0.717, 1.165) is 17.8 Å². The maximum absolute atomic E-state index is 2.47. The Labute approximate surface area is 119 Å². The van der Waals surface area contributed by atoms with Crippen molar-refractivity contribution in [2.24, 2.45) is 23.2 Å². The monoisotopic (exact) mass is 258 g/mol. The van der Waals surface area contributed by atoms with E-state index in [4.69, 9.17) is 0 Å². The standard InChI is InChI=1S/C12H24.3C2H6/c1-9(2)12(5)7-6-10(3)11(4)8-12;3*1-2/h9-11H,6-8H2,1-5H3;3*1-2H3. The van der Waals surface area contributed by atoms with Gasteiger partial charge in [-0.05, 0) is 42.4 Å². The number of hydrogen-bond acceptors (Lipinski definition) is 0. The fourth-order valence-electron chi connectivity index (χ4n) is 2.41. The molecule has 18 heavy (non-hydrogen) atoms. The van der Waals surface area contributed by atoms with Crippen molar-refractivity contribution in [3.05, 3.63) is 0 Å². The Morgan fingerprint density at radius 2 is 1.22 bits per heavy atom. The van der Waals surface area contributed by atoms with Crippen molar-refractivity contribution in [2.75, 3.05) is 0 Å². The van der Waals surface area contributed by atoms with Crippen molar-refractivity contribution < 1.29 is 0 Å². The summed E-state index contributed by atoms with van der Waals surface area (Å²) in [7, 11) is 0. The maximum Gasteiger partial charge on any atom is -0.0300 e. The summed E-state index contributed by atoms with van der Waals surface area (Å²) in [5, 5.41) is 0. The van der Waals surface area contributed by atoms with Gasteiger partial charge in [0.1, 0.15) is 0 Å². The first kappa shape index (κ1) is 23.1. The van der Waals surface area contributed by atoms with Crippen LogP contribution >= 0.6 is 0 Å². The third kappa shape index (κ3) is 8.16. The van der Waals surface area contributed by atoms with Crippen LogP contribution in [-0.4, -0.2) is 0 Å². The molecule has 1 rings (SSSR count). The van der Waals surface area contributed by atoms with E-state index in [0.29, 0.717) is 5.41 Å². The second-order valence-corrected chi connectivity index (χ2v) is 5.51. The van der Waals surface area contributed by atoms with Crippen molar-refractivity contribution in [3.8, 4) is 0 Å². The van der Waals surface area contributed by atoms with Gasteiger partial charge in [0.15, 0.2) is 0 Å². The van der Waals surface area contributed by atoms with Crippen molar-refractivity contribution in [1.29, 1.82) is 0 Å². The molecule has 114 valence electrons. The Bertz CT molecular complexity index is 148. The van der Waals surface area contributed by atoms with Crippen molar-refractivity contribution in [2.45, 2.75) is 95.4 Å². The van der Waals surface area contributed by atoms with E-state index in [1.54, 1.807) is 0 Å². The topological polar surface area (TPSA) is 0 Å². The van der Waals surface area contributed by atoms with Gasteiger partial charge in [0.25, 0.3) is 0 Å². The van der Waals surface area contributed by atoms with Crippen LogP contribution < -0.4 is 0 Å². The van der Waals surface area contributed by atoms with Crippen LogP contribution in [-0.2, 0) is 0 Å². The summed E-state index contributed by atoms with van der Waals surface area (Å²) in [6.45, 7) is 24.1. The Balaban J connectivity index is -0.000000328. The average molecular weight is 259 g/mol. The van der Waals surface area contributed by atoms with Crippen molar-refractivity contribution in [1.82, 2.24) is 0 Å². The molecule has 0 aliphatic heterocycles. The minimum absolute atomic E-state index is 0.631.